The second-order valence-electron chi connectivity index (χ2n) is 6.16. The van der Waals surface area contributed by atoms with Gasteiger partial charge < -0.3 is 20.3 Å². The van der Waals surface area contributed by atoms with Gasteiger partial charge in [-0.1, -0.05) is 0 Å². The number of alkyl halides is 3. The molecule has 0 aromatic carbocycles. The van der Waals surface area contributed by atoms with Crippen molar-refractivity contribution in [1.82, 2.24) is 20.2 Å². The lowest BCUT2D eigenvalue weighted by Gasteiger charge is -2.32. The highest BCUT2D eigenvalue weighted by Gasteiger charge is 2.34. The molecular formula is C15H23F3N4O2. The number of hydrogen-bond donors (Lipinski definition) is 3. The number of amides is 2. The van der Waals surface area contributed by atoms with Crippen LogP contribution in [0.2, 0.25) is 0 Å². The number of nitrogens with zero attached hydrogens (tertiary/aromatic N) is 2. The normalized spacial score (nSPS) is 17.8. The third-order valence-electron chi connectivity index (χ3n) is 4.23. The molecule has 1 aliphatic heterocycles. The first-order chi connectivity index (χ1) is 11.3. The summed E-state index contributed by atoms with van der Waals surface area (Å²) in [5, 5.41) is 11.7. The molecule has 0 aliphatic carbocycles. The van der Waals surface area contributed by atoms with Gasteiger partial charge in [-0.05, 0) is 32.6 Å². The Morgan fingerprint density at radius 1 is 1.50 bits per heavy atom. The van der Waals surface area contributed by atoms with Crippen molar-refractivity contribution in [2.24, 2.45) is 0 Å². The number of halogens is 3. The summed E-state index contributed by atoms with van der Waals surface area (Å²) in [6, 6.07) is -0.198. The van der Waals surface area contributed by atoms with E-state index in [1.165, 1.54) is 0 Å². The number of likely N-dealkylation sites (tertiary alicyclic amines) is 1. The highest BCUT2D eigenvalue weighted by atomic mass is 19.4. The largest absolute Gasteiger partial charge is 0.432 e. The van der Waals surface area contributed by atoms with E-state index in [1.54, 1.807) is 4.90 Å². The number of imidazole rings is 1. The molecule has 0 saturated carbocycles. The SMILES string of the molecule is CC(CCCO)NC(=O)N1CCC(c2ncc(C(F)(F)F)[nH]2)CC1. The van der Waals surface area contributed by atoms with E-state index < -0.39 is 11.9 Å². The number of carbonyl (C=O) groups is 1. The van der Waals surface area contributed by atoms with Crippen LogP contribution in [-0.2, 0) is 6.18 Å². The van der Waals surface area contributed by atoms with Crippen molar-refractivity contribution in [2.45, 2.75) is 50.7 Å². The van der Waals surface area contributed by atoms with Crippen molar-refractivity contribution in [3.05, 3.63) is 17.7 Å². The maximum atomic E-state index is 12.6. The minimum atomic E-state index is -4.42. The van der Waals surface area contributed by atoms with Crippen LogP contribution < -0.4 is 5.32 Å². The Balaban J connectivity index is 1.82. The van der Waals surface area contributed by atoms with Gasteiger partial charge in [0.15, 0.2) is 0 Å². The van der Waals surface area contributed by atoms with Crippen LogP contribution in [0.1, 0.15) is 50.0 Å². The van der Waals surface area contributed by atoms with Gasteiger partial charge in [-0.25, -0.2) is 9.78 Å². The molecule has 0 bridgehead atoms. The fraction of sp³-hybridized carbons (Fsp3) is 0.733. The lowest BCUT2D eigenvalue weighted by molar-refractivity contribution is -0.141. The molecule has 1 aliphatic rings. The number of aliphatic hydroxyl groups is 1. The number of aliphatic hydroxyl groups excluding tert-OH is 1. The molecular weight excluding hydrogens is 325 g/mol. The van der Waals surface area contributed by atoms with Gasteiger partial charge in [-0.2, -0.15) is 13.2 Å². The maximum absolute atomic E-state index is 12.6. The van der Waals surface area contributed by atoms with Crippen LogP contribution in [-0.4, -0.2) is 51.7 Å². The van der Waals surface area contributed by atoms with Crippen LogP contribution in [0.5, 0.6) is 0 Å². The second kappa shape index (κ2) is 7.87. The Morgan fingerprint density at radius 3 is 2.71 bits per heavy atom. The minimum Gasteiger partial charge on any atom is -0.396 e. The number of carbonyl (C=O) groups excluding carboxylic acids is 1. The molecule has 2 amide bonds. The molecule has 2 rings (SSSR count). The summed E-state index contributed by atoms with van der Waals surface area (Å²) in [6.45, 7) is 2.92. The van der Waals surface area contributed by atoms with Gasteiger partial charge in [0.25, 0.3) is 0 Å². The molecule has 1 saturated heterocycles. The molecule has 136 valence electrons. The highest BCUT2D eigenvalue weighted by molar-refractivity contribution is 5.74. The Labute approximate surface area is 138 Å². The molecule has 3 N–H and O–H groups in total. The molecule has 1 atom stereocenters. The van der Waals surface area contributed by atoms with Gasteiger partial charge in [0, 0.05) is 31.7 Å². The van der Waals surface area contributed by atoms with Crippen LogP contribution in [0.15, 0.2) is 6.20 Å². The number of hydrogen-bond acceptors (Lipinski definition) is 3. The van der Waals surface area contributed by atoms with Crippen molar-refractivity contribution in [1.29, 1.82) is 0 Å². The van der Waals surface area contributed by atoms with Gasteiger partial charge in [-0.3, -0.25) is 0 Å². The highest BCUT2D eigenvalue weighted by Crippen LogP contribution is 2.31. The zero-order valence-corrected chi connectivity index (χ0v) is 13.6. The number of H-pyrrole nitrogens is 1. The maximum Gasteiger partial charge on any atom is 0.432 e. The van der Waals surface area contributed by atoms with Gasteiger partial charge in [0.05, 0.1) is 6.20 Å². The van der Waals surface area contributed by atoms with E-state index in [2.05, 4.69) is 15.3 Å². The van der Waals surface area contributed by atoms with Crippen molar-refractivity contribution in [3.8, 4) is 0 Å². The first kappa shape index (κ1) is 18.6. The number of rotatable bonds is 5. The van der Waals surface area contributed by atoms with Crippen molar-refractivity contribution < 1.29 is 23.1 Å². The van der Waals surface area contributed by atoms with Crippen LogP contribution in [0, 0.1) is 0 Å². The van der Waals surface area contributed by atoms with Crippen molar-refractivity contribution in [3.63, 3.8) is 0 Å². The molecule has 2 heterocycles. The molecule has 24 heavy (non-hydrogen) atoms. The molecule has 0 spiro atoms. The van der Waals surface area contributed by atoms with Crippen LogP contribution in [0.3, 0.4) is 0 Å². The number of aromatic amines is 1. The topological polar surface area (TPSA) is 81.2 Å². The average Bonchev–Trinajstić information content (AvgIpc) is 3.03. The smallest absolute Gasteiger partial charge is 0.396 e. The van der Waals surface area contributed by atoms with Gasteiger partial charge in [0.2, 0.25) is 0 Å². The van der Waals surface area contributed by atoms with Gasteiger partial charge in [-0.15, -0.1) is 0 Å². The van der Waals surface area contributed by atoms with Crippen molar-refractivity contribution in [2.75, 3.05) is 19.7 Å². The lowest BCUT2D eigenvalue weighted by Crippen LogP contribution is -2.47. The monoisotopic (exact) mass is 348 g/mol. The number of nitrogens with one attached hydrogen (secondary N) is 2. The summed E-state index contributed by atoms with van der Waals surface area (Å²) in [5.74, 6) is 0.232. The predicted molar refractivity (Wildman–Crippen MR) is 81.5 cm³/mol. The van der Waals surface area contributed by atoms with Crippen molar-refractivity contribution >= 4 is 6.03 Å². The van der Waals surface area contributed by atoms with E-state index in [1.807, 2.05) is 6.92 Å². The van der Waals surface area contributed by atoms with E-state index in [9.17, 15) is 18.0 Å². The number of piperidine rings is 1. The zero-order chi connectivity index (χ0) is 17.7. The summed E-state index contributed by atoms with van der Waals surface area (Å²) in [7, 11) is 0. The molecule has 0 radical (unpaired) electrons. The first-order valence-electron chi connectivity index (χ1n) is 8.09. The third-order valence-corrected chi connectivity index (χ3v) is 4.23. The molecule has 6 nitrogen and oxygen atoms in total. The number of aromatic nitrogens is 2. The second-order valence-corrected chi connectivity index (χ2v) is 6.16. The van der Waals surface area contributed by atoms with Gasteiger partial charge >= 0.3 is 12.2 Å². The summed E-state index contributed by atoms with van der Waals surface area (Å²) in [4.78, 5) is 20.0. The first-order valence-corrected chi connectivity index (χ1v) is 8.09. The quantitative estimate of drug-likeness (QED) is 0.765. The Kier molecular flexibility index (Phi) is 6.09. The summed E-state index contributed by atoms with van der Waals surface area (Å²) < 4.78 is 37.8. The summed E-state index contributed by atoms with van der Waals surface area (Å²) >= 11 is 0. The Hall–Kier alpha value is -1.77. The predicted octanol–water partition coefficient (Wildman–Crippen LogP) is 2.48. The van der Waals surface area contributed by atoms with E-state index >= 15 is 0 Å². The summed E-state index contributed by atoms with van der Waals surface area (Å²) in [6.07, 6.45) is -1.13. The fourth-order valence-corrected chi connectivity index (χ4v) is 2.82. The van der Waals surface area contributed by atoms with Crippen LogP contribution >= 0.6 is 0 Å². The molecule has 1 unspecified atom stereocenters. The van der Waals surface area contributed by atoms with Crippen LogP contribution in [0.25, 0.3) is 0 Å². The lowest BCUT2D eigenvalue weighted by atomic mass is 9.96. The third kappa shape index (κ3) is 4.86. The van der Waals surface area contributed by atoms with E-state index in [4.69, 9.17) is 5.11 Å². The van der Waals surface area contributed by atoms with Crippen LogP contribution in [0.4, 0.5) is 18.0 Å². The summed E-state index contributed by atoms with van der Waals surface area (Å²) in [5.41, 5.74) is -0.838. The van der Waals surface area contributed by atoms with E-state index in [-0.39, 0.29) is 24.6 Å². The van der Waals surface area contributed by atoms with Gasteiger partial charge in [0.1, 0.15) is 11.5 Å². The minimum absolute atomic E-state index is 0.0261. The average molecular weight is 348 g/mol. The molecule has 9 heteroatoms. The standard InChI is InChI=1S/C15H23F3N4O2/c1-10(3-2-8-23)20-14(24)22-6-4-11(5-7-22)13-19-9-12(21-13)15(16,17)18/h9-11,23H,2-8H2,1H3,(H,19,21)(H,20,24). The molecule has 1 aromatic rings. The Morgan fingerprint density at radius 2 is 2.17 bits per heavy atom. The Bertz CT molecular complexity index is 539. The number of urea groups is 1. The molecule has 1 fully saturated rings. The zero-order valence-electron chi connectivity index (χ0n) is 13.6. The van der Waals surface area contributed by atoms with E-state index in [0.29, 0.717) is 44.6 Å². The fourth-order valence-electron chi connectivity index (χ4n) is 2.82. The van der Waals surface area contributed by atoms with E-state index in [0.717, 1.165) is 6.20 Å². The molecule has 1 aromatic heterocycles.